The number of piperidine rings is 1. The number of fused-ring (bicyclic) bond motifs is 2. The summed E-state index contributed by atoms with van der Waals surface area (Å²) in [6.07, 6.45) is -2.38. The number of nitrogens with zero attached hydrogens (tertiary/aromatic N) is 2. The van der Waals surface area contributed by atoms with Gasteiger partial charge in [-0.15, -0.1) is 0 Å². The third kappa shape index (κ3) is 8.08. The van der Waals surface area contributed by atoms with Gasteiger partial charge in [0.1, 0.15) is 17.2 Å². The monoisotopic (exact) mass is 638 g/mol. The number of alkyl halides is 3. The van der Waals surface area contributed by atoms with Crippen LogP contribution >= 0.6 is 0 Å². The maximum Gasteiger partial charge on any atom is 0.422 e. The van der Waals surface area contributed by atoms with E-state index in [1.807, 2.05) is 0 Å². The Balaban J connectivity index is 1.51. The third-order valence-corrected chi connectivity index (χ3v) is 8.80. The van der Waals surface area contributed by atoms with E-state index >= 15 is 4.39 Å². The summed E-state index contributed by atoms with van der Waals surface area (Å²) in [5, 5.41) is 9.83. The predicted molar refractivity (Wildman–Crippen MR) is 152 cm³/mol. The number of hydrogen-bond donors (Lipinski definition) is 0. The molecule has 2 aromatic rings. The van der Waals surface area contributed by atoms with Crippen molar-refractivity contribution in [2.75, 3.05) is 12.9 Å². The minimum atomic E-state index is -4.65. The Bertz CT molecular complexity index is 1580. The number of ether oxygens (including phenoxy) is 2. The summed E-state index contributed by atoms with van der Waals surface area (Å²) >= 11 is 0. The second-order valence-corrected chi connectivity index (χ2v) is 14.5. The van der Waals surface area contributed by atoms with Gasteiger partial charge < -0.3 is 9.47 Å². The summed E-state index contributed by atoms with van der Waals surface area (Å²) < 4.78 is 88.0. The molecule has 1 saturated heterocycles. The molecule has 4 rings (SSSR count). The Morgan fingerprint density at radius 1 is 1.09 bits per heavy atom. The third-order valence-electron chi connectivity index (χ3n) is 7.71. The molecule has 8 nitrogen and oxygen atoms in total. The van der Waals surface area contributed by atoms with Crippen LogP contribution in [-0.2, 0) is 25.8 Å². The summed E-state index contributed by atoms with van der Waals surface area (Å²) in [6, 6.07) is 8.51. The van der Waals surface area contributed by atoms with Crippen LogP contribution in [0, 0.1) is 29.0 Å². The van der Waals surface area contributed by atoms with Gasteiger partial charge in [0.2, 0.25) is 0 Å². The molecule has 2 aromatic carbocycles. The Hall–Kier alpha value is -3.66. The number of carbonyl (C=O) groups is 2. The summed E-state index contributed by atoms with van der Waals surface area (Å²) in [5.41, 5.74) is -0.332. The molecule has 44 heavy (non-hydrogen) atoms. The molecule has 1 saturated carbocycles. The van der Waals surface area contributed by atoms with Gasteiger partial charge in [-0.3, -0.25) is 9.69 Å². The number of hydrogen-bond acceptors (Lipinski definition) is 7. The fourth-order valence-electron chi connectivity index (χ4n) is 5.87. The molecule has 13 heteroatoms. The Morgan fingerprint density at radius 2 is 1.80 bits per heavy atom. The van der Waals surface area contributed by atoms with Gasteiger partial charge in [0, 0.05) is 18.7 Å². The fourth-order valence-corrected chi connectivity index (χ4v) is 6.54. The Labute approximate surface area is 253 Å². The second kappa shape index (κ2) is 12.4. The minimum Gasteiger partial charge on any atom is -0.484 e. The first-order valence-electron chi connectivity index (χ1n) is 14.1. The molecule has 0 aromatic heterocycles. The molecule has 1 aliphatic carbocycles. The highest BCUT2D eigenvalue weighted by Gasteiger charge is 2.52. The lowest BCUT2D eigenvalue weighted by Gasteiger charge is -2.35. The lowest BCUT2D eigenvalue weighted by atomic mass is 9.87. The van der Waals surface area contributed by atoms with Gasteiger partial charge in [-0.2, -0.15) is 18.4 Å². The van der Waals surface area contributed by atoms with Gasteiger partial charge in [-0.25, -0.2) is 17.6 Å². The summed E-state index contributed by atoms with van der Waals surface area (Å²) in [6.45, 7) is 3.58. The zero-order valence-electron chi connectivity index (χ0n) is 24.8. The lowest BCUT2D eigenvalue weighted by molar-refractivity contribution is -0.153. The van der Waals surface area contributed by atoms with Crippen molar-refractivity contribution in [2.24, 2.45) is 11.8 Å². The molecule has 0 radical (unpaired) electrons. The number of likely N-dealkylation sites (tertiary alicyclic amines) is 1. The number of rotatable bonds is 9. The molecular formula is C31H34F4N2O6S. The van der Waals surface area contributed by atoms with Gasteiger partial charge >= 0.3 is 12.3 Å². The molecule has 1 aliphatic heterocycles. The van der Waals surface area contributed by atoms with E-state index in [1.54, 1.807) is 20.8 Å². The molecule has 0 N–H and O–H groups in total. The molecule has 238 valence electrons. The van der Waals surface area contributed by atoms with Crippen LogP contribution in [0.5, 0.6) is 5.75 Å². The van der Waals surface area contributed by atoms with Crippen LogP contribution in [0.25, 0.3) is 11.1 Å². The Kier molecular flexibility index (Phi) is 9.35. The number of benzene rings is 2. The van der Waals surface area contributed by atoms with Crippen LogP contribution in [0.4, 0.5) is 22.4 Å². The van der Waals surface area contributed by atoms with Crippen molar-refractivity contribution >= 4 is 21.7 Å². The maximum absolute atomic E-state index is 15.3. The van der Waals surface area contributed by atoms with E-state index in [0.717, 1.165) is 31.2 Å². The van der Waals surface area contributed by atoms with Gasteiger partial charge in [-0.1, -0.05) is 12.1 Å². The van der Waals surface area contributed by atoms with E-state index < -0.39 is 52.1 Å². The number of Topliss-reactive ketones (excluding diaryl/α,β-unsaturated/α-hetero) is 1. The van der Waals surface area contributed by atoms with Crippen molar-refractivity contribution < 1.29 is 45.0 Å². The normalized spacial score (nSPS) is 20.7. The van der Waals surface area contributed by atoms with E-state index in [2.05, 4.69) is 6.07 Å². The molecule has 4 atom stereocenters. The van der Waals surface area contributed by atoms with Gasteiger partial charge in [0.05, 0.1) is 22.9 Å². The second-order valence-electron chi connectivity index (χ2n) is 12.4. The number of carbonyl (C=O) groups excluding carboxylic acids is 2. The van der Waals surface area contributed by atoms with Crippen molar-refractivity contribution in [2.45, 2.75) is 81.6 Å². The van der Waals surface area contributed by atoms with Crippen LogP contribution in [0.2, 0.25) is 0 Å². The first-order chi connectivity index (χ1) is 20.3. The molecule has 0 spiro atoms. The average molecular weight is 639 g/mol. The van der Waals surface area contributed by atoms with E-state index in [0.29, 0.717) is 6.42 Å². The average Bonchev–Trinajstić information content (AvgIpc) is 3.53. The first kappa shape index (κ1) is 33.2. The van der Waals surface area contributed by atoms with Gasteiger partial charge in [0.25, 0.3) is 0 Å². The predicted octanol–water partition coefficient (Wildman–Crippen LogP) is 6.27. The fraction of sp³-hybridized carbons (Fsp3) is 0.516. The highest BCUT2D eigenvalue weighted by molar-refractivity contribution is 7.90. The zero-order valence-corrected chi connectivity index (χ0v) is 25.6. The lowest BCUT2D eigenvalue weighted by Crippen LogP contribution is -2.51. The van der Waals surface area contributed by atoms with E-state index in [1.165, 1.54) is 29.2 Å². The molecule has 2 aliphatic rings. The molecule has 1 amide bonds. The van der Waals surface area contributed by atoms with Crippen molar-refractivity contribution in [3.05, 3.63) is 47.8 Å². The number of halogens is 4. The minimum absolute atomic E-state index is 0.0249. The van der Waals surface area contributed by atoms with Crippen LogP contribution in [0.3, 0.4) is 0 Å². The molecule has 0 unspecified atom stereocenters. The van der Waals surface area contributed by atoms with Crippen molar-refractivity contribution in [3.63, 3.8) is 0 Å². The molecular weight excluding hydrogens is 604 g/mol. The molecule has 2 bridgehead atoms. The number of amides is 1. The van der Waals surface area contributed by atoms with Crippen LogP contribution in [0.1, 0.15) is 52.0 Å². The van der Waals surface area contributed by atoms with Crippen molar-refractivity contribution in [3.8, 4) is 22.9 Å². The van der Waals surface area contributed by atoms with Gasteiger partial charge in [-0.05, 0) is 93.3 Å². The van der Waals surface area contributed by atoms with Crippen molar-refractivity contribution in [1.29, 1.82) is 5.26 Å². The summed E-state index contributed by atoms with van der Waals surface area (Å²) in [5.74, 6) is -2.29. The summed E-state index contributed by atoms with van der Waals surface area (Å²) in [7, 11) is -3.84. The zero-order chi connectivity index (χ0) is 32.6. The van der Waals surface area contributed by atoms with Gasteiger partial charge in [0.15, 0.2) is 22.2 Å². The SMILES string of the molecule is CC(C)(C)OC(=O)N1[C@@H]2CC[C@@H](C2)[C@H]1C(=O)C[C@H](C#N)Cc1ccc(-c2cc(OCC(F)(F)F)cc(S(C)(=O)=O)c2)cc1F. The van der Waals surface area contributed by atoms with E-state index in [4.69, 9.17) is 9.47 Å². The molecule has 2 fully saturated rings. The van der Waals surface area contributed by atoms with Crippen LogP contribution in [-0.4, -0.2) is 61.9 Å². The number of nitriles is 1. The van der Waals surface area contributed by atoms with E-state index in [9.17, 15) is 36.4 Å². The number of ketones is 1. The summed E-state index contributed by atoms with van der Waals surface area (Å²) in [4.78, 5) is 27.6. The topological polar surface area (TPSA) is 114 Å². The quantitative estimate of drug-likeness (QED) is 0.298. The maximum atomic E-state index is 15.3. The van der Waals surface area contributed by atoms with Crippen LogP contribution in [0.15, 0.2) is 41.3 Å². The molecule has 1 heterocycles. The smallest absolute Gasteiger partial charge is 0.422 e. The van der Waals surface area contributed by atoms with Crippen molar-refractivity contribution in [1.82, 2.24) is 4.90 Å². The first-order valence-corrected chi connectivity index (χ1v) is 16.0. The number of sulfone groups is 1. The van der Waals surface area contributed by atoms with Crippen LogP contribution < -0.4 is 4.74 Å². The van der Waals surface area contributed by atoms with E-state index in [-0.39, 0.29) is 57.9 Å². The highest BCUT2D eigenvalue weighted by Crippen LogP contribution is 2.44. The highest BCUT2D eigenvalue weighted by atomic mass is 32.2. The standard InChI is InChI=1S/C31H34F4N2O6S/c1-30(2,3)43-29(39)37-23-8-7-21(11-23)28(37)27(38)10-18(16-36)9-20-6-5-19(14-26(20)32)22-12-24(42-17-31(33,34)35)15-25(13-22)44(4,40)41/h5-6,12-15,18,21,23,28H,7-11,17H2,1-4H3/t18-,21+,23-,28+/m1/s1. The largest absolute Gasteiger partial charge is 0.484 e. The Morgan fingerprint density at radius 3 is 2.39 bits per heavy atom.